The van der Waals surface area contributed by atoms with Crippen LogP contribution in [0.2, 0.25) is 0 Å². The van der Waals surface area contributed by atoms with E-state index < -0.39 is 22.7 Å². The fraction of sp³-hybridized carbons (Fsp3) is 0.0909. The number of fused-ring (bicyclic) bond motifs is 1. The van der Waals surface area contributed by atoms with Crippen molar-refractivity contribution >= 4 is 22.8 Å². The Labute approximate surface area is 160 Å². The van der Waals surface area contributed by atoms with Crippen LogP contribution >= 0.6 is 0 Å². The van der Waals surface area contributed by atoms with Gasteiger partial charge in [0.15, 0.2) is 17.3 Å². The largest absolute Gasteiger partial charge is 0.506 e. The van der Waals surface area contributed by atoms with Crippen LogP contribution < -0.4 is 15.1 Å². The number of carbonyl (C=O) groups excluding carboxylic acids is 1. The topological polar surface area (TPSA) is 86.0 Å². The molecule has 6 nitrogen and oxygen atoms in total. The van der Waals surface area contributed by atoms with E-state index in [-0.39, 0.29) is 5.58 Å². The van der Waals surface area contributed by atoms with Gasteiger partial charge in [-0.3, -0.25) is 4.79 Å². The van der Waals surface area contributed by atoms with Gasteiger partial charge in [-0.25, -0.2) is 4.79 Å². The maximum Gasteiger partial charge on any atom is 0.351 e. The van der Waals surface area contributed by atoms with Crippen molar-refractivity contribution in [2.24, 2.45) is 0 Å². The van der Waals surface area contributed by atoms with Gasteiger partial charge in [-0.05, 0) is 35.9 Å². The Hall–Kier alpha value is -3.80. The van der Waals surface area contributed by atoms with E-state index in [1.807, 2.05) is 0 Å². The third-order valence-corrected chi connectivity index (χ3v) is 4.00. The zero-order chi connectivity index (χ0) is 20.1. The Balaban J connectivity index is 1.91. The molecule has 1 aromatic heterocycles. The van der Waals surface area contributed by atoms with E-state index in [1.165, 1.54) is 19.3 Å². The highest BCUT2D eigenvalue weighted by Gasteiger charge is 2.18. The minimum absolute atomic E-state index is 0.213. The molecule has 0 fully saturated rings. The van der Waals surface area contributed by atoms with Crippen LogP contribution in [0.1, 0.15) is 15.9 Å². The smallest absolute Gasteiger partial charge is 0.351 e. The van der Waals surface area contributed by atoms with E-state index in [4.69, 9.17) is 13.9 Å². The van der Waals surface area contributed by atoms with Gasteiger partial charge in [0.2, 0.25) is 0 Å². The highest BCUT2D eigenvalue weighted by Crippen LogP contribution is 2.29. The molecule has 28 heavy (non-hydrogen) atoms. The summed E-state index contributed by atoms with van der Waals surface area (Å²) >= 11 is 0. The van der Waals surface area contributed by atoms with Gasteiger partial charge in [0.05, 0.1) is 12.5 Å². The lowest BCUT2D eigenvalue weighted by Crippen LogP contribution is -2.12. The van der Waals surface area contributed by atoms with Crippen LogP contribution in [0.3, 0.4) is 0 Å². The number of allylic oxidation sites excluding steroid dienone is 1. The van der Waals surface area contributed by atoms with Crippen molar-refractivity contribution in [3.63, 3.8) is 0 Å². The second-order valence-electron chi connectivity index (χ2n) is 5.82. The van der Waals surface area contributed by atoms with Crippen LogP contribution in [-0.2, 0) is 0 Å². The summed E-state index contributed by atoms with van der Waals surface area (Å²) in [6, 6.07) is 11.6. The molecular formula is C22H18O6. The Kier molecular flexibility index (Phi) is 5.60. The molecule has 1 heterocycles. The molecule has 0 aliphatic carbocycles. The summed E-state index contributed by atoms with van der Waals surface area (Å²) < 4.78 is 15.9. The molecule has 0 saturated carbocycles. The van der Waals surface area contributed by atoms with Crippen LogP contribution in [-0.4, -0.2) is 24.6 Å². The molecule has 0 spiro atoms. The van der Waals surface area contributed by atoms with Crippen molar-refractivity contribution in [2.75, 3.05) is 13.7 Å². The molecule has 0 aliphatic heterocycles. The molecule has 2 aromatic carbocycles. The highest BCUT2D eigenvalue weighted by atomic mass is 16.5. The summed E-state index contributed by atoms with van der Waals surface area (Å²) in [5.74, 6) is -0.0292. The van der Waals surface area contributed by atoms with Crippen LogP contribution in [0.25, 0.3) is 17.0 Å². The molecule has 0 radical (unpaired) electrons. The standard InChI is InChI=1S/C22H18O6/c1-3-12-27-18-11-9-14(13-19(18)26-2)8-10-16(23)20-21(24)15-6-4-5-7-17(15)28-22(20)25/h3-11,13,24H,1,12H2,2H3/b10-8+. The first-order valence-corrected chi connectivity index (χ1v) is 8.44. The molecule has 142 valence electrons. The van der Waals surface area contributed by atoms with Crippen LogP contribution in [0.4, 0.5) is 0 Å². The summed E-state index contributed by atoms with van der Waals surface area (Å²) in [7, 11) is 1.51. The Morgan fingerprint density at radius 3 is 2.75 bits per heavy atom. The number of ketones is 1. The third-order valence-electron chi connectivity index (χ3n) is 4.00. The molecule has 6 heteroatoms. The molecule has 0 saturated heterocycles. The van der Waals surface area contributed by atoms with Crippen molar-refractivity contribution in [1.82, 2.24) is 0 Å². The summed E-state index contributed by atoms with van der Waals surface area (Å²) in [5.41, 5.74) is -0.435. The van der Waals surface area contributed by atoms with E-state index in [1.54, 1.807) is 48.5 Å². The zero-order valence-electron chi connectivity index (χ0n) is 15.2. The first-order chi connectivity index (χ1) is 13.5. The van der Waals surface area contributed by atoms with Gasteiger partial charge in [-0.15, -0.1) is 0 Å². The molecule has 0 unspecified atom stereocenters. The molecule has 0 bridgehead atoms. The molecule has 0 aliphatic rings. The van der Waals surface area contributed by atoms with Gasteiger partial charge in [0, 0.05) is 0 Å². The summed E-state index contributed by atoms with van der Waals surface area (Å²) in [4.78, 5) is 24.6. The maximum atomic E-state index is 12.5. The van der Waals surface area contributed by atoms with E-state index in [0.717, 1.165) is 0 Å². The summed E-state index contributed by atoms with van der Waals surface area (Å²) in [5, 5.41) is 10.6. The number of ether oxygens (including phenoxy) is 2. The van der Waals surface area contributed by atoms with E-state index in [0.29, 0.717) is 29.1 Å². The minimum Gasteiger partial charge on any atom is -0.506 e. The lowest BCUT2D eigenvalue weighted by atomic mass is 10.1. The second-order valence-corrected chi connectivity index (χ2v) is 5.82. The van der Waals surface area contributed by atoms with Gasteiger partial charge >= 0.3 is 5.63 Å². The highest BCUT2D eigenvalue weighted by molar-refractivity contribution is 6.10. The van der Waals surface area contributed by atoms with E-state index in [2.05, 4.69) is 6.58 Å². The van der Waals surface area contributed by atoms with Crippen molar-refractivity contribution in [1.29, 1.82) is 0 Å². The number of methoxy groups -OCH3 is 1. The SMILES string of the molecule is C=CCOc1ccc(/C=C/C(=O)c2c(O)c3ccccc3oc2=O)cc1OC. The van der Waals surface area contributed by atoms with Gasteiger partial charge < -0.3 is 19.0 Å². The molecule has 1 N–H and O–H groups in total. The van der Waals surface area contributed by atoms with Crippen LogP contribution in [0, 0.1) is 0 Å². The number of aromatic hydroxyl groups is 1. The lowest BCUT2D eigenvalue weighted by Gasteiger charge is -2.09. The number of carbonyl (C=O) groups is 1. The number of hydrogen-bond acceptors (Lipinski definition) is 6. The molecule has 3 aromatic rings. The van der Waals surface area contributed by atoms with Crippen LogP contribution in [0.5, 0.6) is 17.2 Å². The van der Waals surface area contributed by atoms with Gasteiger partial charge in [0.25, 0.3) is 0 Å². The van der Waals surface area contributed by atoms with Gasteiger partial charge in [0.1, 0.15) is 23.5 Å². The maximum absolute atomic E-state index is 12.5. The summed E-state index contributed by atoms with van der Waals surface area (Å²) in [6.07, 6.45) is 4.32. The third kappa shape index (κ3) is 3.81. The zero-order valence-corrected chi connectivity index (χ0v) is 15.2. The second kappa shape index (κ2) is 8.26. The lowest BCUT2D eigenvalue weighted by molar-refractivity contribution is 0.104. The van der Waals surface area contributed by atoms with Crippen molar-refractivity contribution in [3.05, 3.63) is 82.7 Å². The first-order valence-electron chi connectivity index (χ1n) is 8.44. The number of rotatable bonds is 7. The van der Waals surface area contributed by atoms with Crippen molar-refractivity contribution in [3.8, 4) is 17.2 Å². The fourth-order valence-corrected chi connectivity index (χ4v) is 2.66. The van der Waals surface area contributed by atoms with E-state index in [9.17, 15) is 14.7 Å². The Morgan fingerprint density at radius 2 is 2.00 bits per heavy atom. The van der Waals surface area contributed by atoms with Crippen molar-refractivity contribution in [2.45, 2.75) is 0 Å². The van der Waals surface area contributed by atoms with Crippen molar-refractivity contribution < 1.29 is 23.8 Å². The van der Waals surface area contributed by atoms with Gasteiger partial charge in [-0.1, -0.05) is 36.9 Å². The quantitative estimate of drug-likeness (QED) is 0.290. The monoisotopic (exact) mass is 378 g/mol. The Bertz CT molecular complexity index is 1120. The average Bonchev–Trinajstić information content (AvgIpc) is 2.71. The van der Waals surface area contributed by atoms with Gasteiger partial charge in [-0.2, -0.15) is 0 Å². The summed E-state index contributed by atoms with van der Waals surface area (Å²) in [6.45, 7) is 3.93. The minimum atomic E-state index is -0.892. The predicted octanol–water partition coefficient (Wildman–Crippen LogP) is 3.97. The first kappa shape index (κ1) is 19.0. The normalized spacial score (nSPS) is 10.9. The molecule has 0 amide bonds. The predicted molar refractivity (Wildman–Crippen MR) is 106 cm³/mol. The number of benzene rings is 2. The number of para-hydroxylation sites is 1. The van der Waals surface area contributed by atoms with Crippen LogP contribution in [0.15, 0.2) is 70.4 Å². The Morgan fingerprint density at radius 1 is 1.21 bits per heavy atom. The average molecular weight is 378 g/mol. The molecular weight excluding hydrogens is 360 g/mol. The van der Waals surface area contributed by atoms with E-state index >= 15 is 0 Å². The number of hydrogen-bond donors (Lipinski definition) is 1. The fourth-order valence-electron chi connectivity index (χ4n) is 2.66. The molecule has 0 atom stereocenters. The molecule has 3 rings (SSSR count).